The molecule has 1 heterocycles. The van der Waals surface area contributed by atoms with Gasteiger partial charge in [-0.3, -0.25) is 0 Å². The number of thiol groups is 2. The Kier molecular flexibility index (Phi) is 3.69. The van der Waals surface area contributed by atoms with Crippen molar-refractivity contribution < 1.29 is 20.1 Å². The zero-order valence-corrected chi connectivity index (χ0v) is 8.03. The Bertz CT molecular complexity index is 152. The number of ether oxygens (including phenoxy) is 1. The van der Waals surface area contributed by atoms with Gasteiger partial charge in [-0.25, -0.2) is 0 Å². The second-order valence-corrected chi connectivity index (χ2v) is 3.59. The normalized spacial score (nSPS) is 49.2. The Hall–Kier alpha value is 0.540. The molecule has 0 aromatic heterocycles. The molecule has 6 heteroatoms. The van der Waals surface area contributed by atoms with E-state index in [-0.39, 0.29) is 5.75 Å². The summed E-state index contributed by atoms with van der Waals surface area (Å²) < 4.78 is 5.06. The van der Waals surface area contributed by atoms with Crippen LogP contribution in [0.15, 0.2) is 0 Å². The molecule has 1 aliphatic rings. The summed E-state index contributed by atoms with van der Waals surface area (Å²) in [7, 11) is 0. The highest BCUT2D eigenvalue weighted by molar-refractivity contribution is 7.81. The van der Waals surface area contributed by atoms with Crippen molar-refractivity contribution in [2.45, 2.75) is 29.9 Å². The minimum atomic E-state index is -1.21. The summed E-state index contributed by atoms with van der Waals surface area (Å²) in [4.78, 5) is 0. The molecule has 72 valence electrons. The molecular formula is C6H12O4S2. The van der Waals surface area contributed by atoms with Crippen LogP contribution in [0.1, 0.15) is 0 Å². The zero-order chi connectivity index (χ0) is 9.30. The first kappa shape index (κ1) is 10.6. The van der Waals surface area contributed by atoms with E-state index in [9.17, 15) is 15.3 Å². The maximum atomic E-state index is 9.31. The van der Waals surface area contributed by atoms with Gasteiger partial charge in [-0.1, -0.05) is 0 Å². The Morgan fingerprint density at radius 2 is 1.67 bits per heavy atom. The van der Waals surface area contributed by atoms with Crippen LogP contribution in [0.5, 0.6) is 0 Å². The maximum Gasteiger partial charge on any atom is 0.129 e. The summed E-state index contributed by atoms with van der Waals surface area (Å²) in [5, 5.41) is 27.8. The van der Waals surface area contributed by atoms with Crippen molar-refractivity contribution in [1.29, 1.82) is 0 Å². The van der Waals surface area contributed by atoms with Crippen molar-refractivity contribution in [2.75, 3.05) is 5.75 Å². The second kappa shape index (κ2) is 4.17. The minimum absolute atomic E-state index is 0.280. The molecule has 0 bridgehead atoms. The molecule has 3 N–H and O–H groups in total. The van der Waals surface area contributed by atoms with Crippen molar-refractivity contribution in [3.63, 3.8) is 0 Å². The van der Waals surface area contributed by atoms with E-state index in [0.717, 1.165) is 0 Å². The van der Waals surface area contributed by atoms with E-state index < -0.39 is 29.9 Å². The smallest absolute Gasteiger partial charge is 0.129 e. The summed E-state index contributed by atoms with van der Waals surface area (Å²) in [5.74, 6) is 0.280. The van der Waals surface area contributed by atoms with E-state index in [1.807, 2.05) is 0 Å². The van der Waals surface area contributed by atoms with Gasteiger partial charge in [0.1, 0.15) is 23.7 Å². The topological polar surface area (TPSA) is 69.9 Å². The molecule has 2 unspecified atom stereocenters. The fraction of sp³-hybridized carbons (Fsp3) is 1.00. The Labute approximate surface area is 81.4 Å². The quantitative estimate of drug-likeness (QED) is 0.349. The molecule has 0 radical (unpaired) electrons. The monoisotopic (exact) mass is 212 g/mol. The molecule has 1 fully saturated rings. The largest absolute Gasteiger partial charge is 0.388 e. The molecule has 1 saturated heterocycles. The molecule has 1 rings (SSSR count). The van der Waals surface area contributed by atoms with Crippen LogP contribution >= 0.6 is 25.3 Å². The highest BCUT2D eigenvalue weighted by Crippen LogP contribution is 2.23. The molecule has 12 heavy (non-hydrogen) atoms. The summed E-state index contributed by atoms with van der Waals surface area (Å²) in [6.07, 6.45) is -4.03. The van der Waals surface area contributed by atoms with Crippen molar-refractivity contribution in [2.24, 2.45) is 0 Å². The van der Waals surface area contributed by atoms with Gasteiger partial charge in [-0.2, -0.15) is 12.6 Å². The fourth-order valence-electron chi connectivity index (χ4n) is 1.08. The lowest BCUT2D eigenvalue weighted by Gasteiger charge is -2.38. The van der Waals surface area contributed by atoms with E-state index in [1.54, 1.807) is 0 Å². The zero-order valence-electron chi connectivity index (χ0n) is 6.24. The third-order valence-corrected chi connectivity index (χ3v) is 2.65. The van der Waals surface area contributed by atoms with Crippen molar-refractivity contribution in [1.82, 2.24) is 0 Å². The highest BCUT2D eigenvalue weighted by atomic mass is 32.1. The number of aliphatic hydroxyl groups is 3. The molecule has 5 atom stereocenters. The van der Waals surface area contributed by atoms with Crippen LogP contribution in [0.2, 0.25) is 0 Å². The minimum Gasteiger partial charge on any atom is -0.388 e. The number of rotatable bonds is 1. The lowest BCUT2D eigenvalue weighted by Crippen LogP contribution is -2.56. The summed E-state index contributed by atoms with van der Waals surface area (Å²) in [6.45, 7) is 0. The van der Waals surface area contributed by atoms with Crippen LogP contribution in [0.4, 0.5) is 0 Å². The van der Waals surface area contributed by atoms with E-state index in [2.05, 4.69) is 25.3 Å². The van der Waals surface area contributed by atoms with Crippen molar-refractivity contribution in [3.05, 3.63) is 0 Å². The number of hydrogen-bond acceptors (Lipinski definition) is 6. The van der Waals surface area contributed by atoms with E-state index in [1.165, 1.54) is 0 Å². The lowest BCUT2D eigenvalue weighted by molar-refractivity contribution is -0.190. The van der Waals surface area contributed by atoms with Gasteiger partial charge in [0, 0.05) is 5.75 Å². The highest BCUT2D eigenvalue weighted by Gasteiger charge is 2.41. The van der Waals surface area contributed by atoms with Gasteiger partial charge in [-0.15, -0.1) is 12.6 Å². The van der Waals surface area contributed by atoms with Gasteiger partial charge in [0.25, 0.3) is 0 Å². The summed E-state index contributed by atoms with van der Waals surface area (Å²) in [6, 6.07) is 0. The van der Waals surface area contributed by atoms with Gasteiger partial charge in [0.15, 0.2) is 0 Å². The van der Waals surface area contributed by atoms with E-state index in [0.29, 0.717) is 0 Å². The van der Waals surface area contributed by atoms with Crippen LogP contribution in [-0.2, 0) is 4.74 Å². The molecule has 1 aliphatic heterocycles. The predicted molar refractivity (Wildman–Crippen MR) is 49.5 cm³/mol. The molecule has 4 nitrogen and oxygen atoms in total. The van der Waals surface area contributed by atoms with Crippen molar-refractivity contribution in [3.8, 4) is 0 Å². The molecule has 0 aliphatic carbocycles. The maximum absolute atomic E-state index is 9.31. The summed E-state index contributed by atoms with van der Waals surface area (Å²) >= 11 is 7.81. The van der Waals surface area contributed by atoms with E-state index in [4.69, 9.17) is 4.74 Å². The van der Waals surface area contributed by atoms with Gasteiger partial charge in [0.05, 0.1) is 6.10 Å². The predicted octanol–water partition coefficient (Wildman–Crippen LogP) is -1.35. The average Bonchev–Trinajstić information content (AvgIpc) is 2.08. The molecule has 0 spiro atoms. The van der Waals surface area contributed by atoms with Crippen LogP contribution in [0, 0.1) is 0 Å². The molecule has 0 saturated carbocycles. The van der Waals surface area contributed by atoms with Crippen LogP contribution in [0.25, 0.3) is 0 Å². The standard InChI is InChI=1S/C6H12O4S2/c7-3-2(1-11)10-6(12)5(9)4(3)8/h2-9,11-12H,1H2/t2?,3-,4-,5?,6-/m0/s1. The number of aliphatic hydroxyl groups excluding tert-OH is 3. The van der Waals surface area contributed by atoms with Gasteiger partial charge < -0.3 is 20.1 Å². The van der Waals surface area contributed by atoms with Crippen LogP contribution in [0.3, 0.4) is 0 Å². The van der Waals surface area contributed by atoms with Crippen LogP contribution < -0.4 is 0 Å². The van der Waals surface area contributed by atoms with Gasteiger partial charge >= 0.3 is 0 Å². The summed E-state index contributed by atoms with van der Waals surface area (Å²) in [5.41, 5.74) is -0.763. The Morgan fingerprint density at radius 3 is 2.17 bits per heavy atom. The third kappa shape index (κ3) is 1.89. The first-order chi connectivity index (χ1) is 5.57. The Balaban J connectivity index is 2.63. The second-order valence-electron chi connectivity index (χ2n) is 2.72. The number of hydrogen-bond donors (Lipinski definition) is 5. The molecular weight excluding hydrogens is 200 g/mol. The Morgan fingerprint density at radius 1 is 1.08 bits per heavy atom. The molecule has 0 aromatic carbocycles. The molecule has 0 aromatic rings. The fourth-order valence-corrected chi connectivity index (χ4v) is 1.72. The van der Waals surface area contributed by atoms with Gasteiger partial charge in [-0.05, 0) is 0 Å². The van der Waals surface area contributed by atoms with Crippen molar-refractivity contribution >= 4 is 25.3 Å². The molecule has 0 amide bonds. The SMILES string of the molecule is OC1[C@H](S)OC(CS)[C@H](O)[C@@H]1O. The first-order valence-corrected chi connectivity index (χ1v) is 4.71. The van der Waals surface area contributed by atoms with Crippen LogP contribution in [-0.4, -0.2) is 50.9 Å². The first-order valence-electron chi connectivity index (χ1n) is 3.56. The van der Waals surface area contributed by atoms with E-state index >= 15 is 0 Å². The van der Waals surface area contributed by atoms with Gasteiger partial charge in [0.2, 0.25) is 0 Å². The lowest BCUT2D eigenvalue weighted by atomic mass is 10.0. The average molecular weight is 212 g/mol. The third-order valence-electron chi connectivity index (χ3n) is 1.87.